The largest absolute Gasteiger partial charge is 0.329 e. The highest BCUT2D eigenvalue weighted by Crippen LogP contribution is 2.33. The van der Waals surface area contributed by atoms with E-state index in [-0.39, 0.29) is 0 Å². The van der Waals surface area contributed by atoms with Gasteiger partial charge < -0.3 is 4.98 Å². The summed E-state index contributed by atoms with van der Waals surface area (Å²) in [4.78, 5) is 3.03. The number of fused-ring (bicyclic) bond motifs is 1. The summed E-state index contributed by atoms with van der Waals surface area (Å²) in [6.07, 6.45) is 0. The van der Waals surface area contributed by atoms with Gasteiger partial charge in [-0.3, -0.25) is 4.57 Å². The average molecular weight is 355 g/mol. The normalized spacial score (nSPS) is 10.8. The number of imidazole rings is 1. The molecule has 0 radical (unpaired) electrons. The van der Waals surface area contributed by atoms with E-state index in [2.05, 4.69) is 11.1 Å². The molecule has 0 saturated heterocycles. The lowest BCUT2D eigenvalue weighted by molar-refractivity contribution is 1.07. The predicted octanol–water partition coefficient (Wildman–Crippen LogP) is 5.52. The van der Waals surface area contributed by atoms with E-state index >= 15 is 0 Å². The Hall–Kier alpha value is -1.51. The Balaban J connectivity index is 2.42. The first-order valence-corrected chi connectivity index (χ1v) is 7.36. The van der Waals surface area contributed by atoms with Crippen molar-refractivity contribution in [1.29, 1.82) is 5.26 Å². The Morgan fingerprint density at radius 3 is 2.52 bits per heavy atom. The van der Waals surface area contributed by atoms with Gasteiger partial charge in [0, 0.05) is 0 Å². The first-order chi connectivity index (χ1) is 10.0. The van der Waals surface area contributed by atoms with Crippen LogP contribution in [0.25, 0.3) is 16.7 Å². The van der Waals surface area contributed by atoms with Crippen LogP contribution in [0.3, 0.4) is 0 Å². The Morgan fingerprint density at radius 2 is 1.81 bits per heavy atom. The van der Waals surface area contributed by atoms with Gasteiger partial charge in [0.25, 0.3) is 0 Å². The topological polar surface area (TPSA) is 44.5 Å². The summed E-state index contributed by atoms with van der Waals surface area (Å²) in [5.41, 5.74) is 2.53. The molecule has 0 aliphatic rings. The molecule has 1 N–H and O–H groups in total. The van der Waals surface area contributed by atoms with E-state index in [1.807, 2.05) is 6.07 Å². The van der Waals surface area contributed by atoms with Gasteiger partial charge in [0.15, 0.2) is 4.77 Å². The Labute approximate surface area is 140 Å². The highest BCUT2D eigenvalue weighted by Gasteiger charge is 2.14. The standard InChI is InChI=1S/C14H6Cl3N3S/c15-8-4-10(17)12(5-9(8)16)20-11-3-1-2-7(6-18)13(11)19-14(20)21/h1-5H,(H,19,21). The fraction of sp³-hybridized carbons (Fsp3) is 0. The third kappa shape index (κ3) is 2.33. The van der Waals surface area contributed by atoms with Gasteiger partial charge in [0.1, 0.15) is 6.07 Å². The smallest absolute Gasteiger partial charge is 0.182 e. The van der Waals surface area contributed by atoms with Crippen LogP contribution in [0.15, 0.2) is 30.3 Å². The van der Waals surface area contributed by atoms with Crippen LogP contribution in [0.5, 0.6) is 0 Å². The number of nitrogens with one attached hydrogen (secondary N) is 1. The fourth-order valence-electron chi connectivity index (χ4n) is 2.15. The maximum Gasteiger partial charge on any atom is 0.182 e. The molecule has 3 rings (SSSR count). The van der Waals surface area contributed by atoms with Crippen molar-refractivity contribution >= 4 is 58.1 Å². The number of para-hydroxylation sites is 1. The van der Waals surface area contributed by atoms with Crippen molar-refractivity contribution in [2.24, 2.45) is 0 Å². The maximum atomic E-state index is 9.16. The molecule has 0 aliphatic heterocycles. The van der Waals surface area contributed by atoms with Crippen molar-refractivity contribution in [3.05, 3.63) is 55.7 Å². The van der Waals surface area contributed by atoms with Crippen LogP contribution in [-0.2, 0) is 0 Å². The minimum atomic E-state index is 0.370. The number of halogens is 3. The third-order valence-electron chi connectivity index (χ3n) is 3.07. The van der Waals surface area contributed by atoms with Crippen molar-refractivity contribution in [2.45, 2.75) is 0 Å². The lowest BCUT2D eigenvalue weighted by atomic mass is 10.2. The number of hydrogen-bond acceptors (Lipinski definition) is 2. The first-order valence-electron chi connectivity index (χ1n) is 5.81. The number of nitrogens with zero attached hydrogens (tertiary/aromatic N) is 2. The molecule has 3 aromatic rings. The molecule has 0 bridgehead atoms. The molecule has 7 heteroatoms. The van der Waals surface area contributed by atoms with Crippen molar-refractivity contribution in [2.75, 3.05) is 0 Å². The number of rotatable bonds is 1. The first kappa shape index (κ1) is 14.4. The Bertz CT molecular complexity index is 966. The van der Waals surface area contributed by atoms with Gasteiger partial charge in [-0.05, 0) is 36.5 Å². The summed E-state index contributed by atoms with van der Waals surface area (Å²) in [7, 11) is 0. The molecule has 0 atom stereocenters. The van der Waals surface area contributed by atoms with Gasteiger partial charge in [-0.25, -0.2) is 0 Å². The molecular formula is C14H6Cl3N3S. The van der Waals surface area contributed by atoms with Gasteiger partial charge >= 0.3 is 0 Å². The Kier molecular flexibility index (Phi) is 3.68. The zero-order valence-corrected chi connectivity index (χ0v) is 13.4. The van der Waals surface area contributed by atoms with Crippen LogP contribution in [0.1, 0.15) is 5.56 Å². The molecule has 0 unspecified atom stereocenters. The number of aromatic nitrogens is 2. The molecule has 0 aliphatic carbocycles. The number of nitriles is 1. The summed E-state index contributed by atoms with van der Waals surface area (Å²) in [6.45, 7) is 0. The molecule has 1 aromatic heterocycles. The molecule has 21 heavy (non-hydrogen) atoms. The van der Waals surface area contributed by atoms with E-state index in [0.717, 1.165) is 5.52 Å². The van der Waals surface area contributed by atoms with Crippen molar-refractivity contribution in [1.82, 2.24) is 9.55 Å². The number of hydrogen-bond donors (Lipinski definition) is 1. The van der Waals surface area contributed by atoms with Gasteiger partial charge in [0.05, 0.1) is 37.4 Å². The van der Waals surface area contributed by atoms with Crippen molar-refractivity contribution in [3.8, 4) is 11.8 Å². The predicted molar refractivity (Wildman–Crippen MR) is 88.2 cm³/mol. The second-order valence-electron chi connectivity index (χ2n) is 4.29. The minimum Gasteiger partial charge on any atom is -0.329 e. The summed E-state index contributed by atoms with van der Waals surface area (Å²) >= 11 is 23.6. The highest BCUT2D eigenvalue weighted by molar-refractivity contribution is 7.71. The zero-order chi connectivity index (χ0) is 15.1. The number of benzene rings is 2. The van der Waals surface area contributed by atoms with Crippen LogP contribution >= 0.6 is 47.0 Å². The van der Waals surface area contributed by atoms with Crippen LogP contribution in [-0.4, -0.2) is 9.55 Å². The molecule has 3 nitrogen and oxygen atoms in total. The molecule has 2 aromatic carbocycles. The second kappa shape index (κ2) is 5.36. The zero-order valence-electron chi connectivity index (χ0n) is 10.3. The van der Waals surface area contributed by atoms with E-state index in [1.165, 1.54) is 0 Å². The summed E-state index contributed by atoms with van der Waals surface area (Å²) in [6, 6.07) is 10.7. The summed E-state index contributed by atoms with van der Waals surface area (Å²) in [5.74, 6) is 0. The fourth-order valence-corrected chi connectivity index (χ4v) is 3.07. The lowest BCUT2D eigenvalue weighted by Gasteiger charge is -2.09. The maximum absolute atomic E-state index is 9.16. The highest BCUT2D eigenvalue weighted by atomic mass is 35.5. The molecule has 1 heterocycles. The summed E-state index contributed by atoms with van der Waals surface area (Å²) < 4.78 is 2.16. The number of aromatic amines is 1. The molecule has 0 spiro atoms. The van der Waals surface area contributed by atoms with Crippen molar-refractivity contribution < 1.29 is 0 Å². The van der Waals surface area contributed by atoms with E-state index < -0.39 is 0 Å². The molecule has 0 amide bonds. The molecular weight excluding hydrogens is 349 g/mol. The summed E-state index contributed by atoms with van der Waals surface area (Å²) in [5, 5.41) is 10.3. The van der Waals surface area contributed by atoms with Crippen LogP contribution in [0.2, 0.25) is 15.1 Å². The number of H-pyrrole nitrogens is 1. The minimum absolute atomic E-state index is 0.370. The van der Waals surface area contributed by atoms with Crippen molar-refractivity contribution in [3.63, 3.8) is 0 Å². The van der Waals surface area contributed by atoms with E-state index in [4.69, 9.17) is 52.3 Å². The monoisotopic (exact) mass is 353 g/mol. The second-order valence-corrected chi connectivity index (χ2v) is 5.90. The van der Waals surface area contributed by atoms with Crippen LogP contribution in [0.4, 0.5) is 0 Å². The average Bonchev–Trinajstić information content (AvgIpc) is 2.79. The van der Waals surface area contributed by atoms with E-state index in [0.29, 0.717) is 36.6 Å². The molecule has 104 valence electrons. The van der Waals surface area contributed by atoms with Gasteiger partial charge in [0.2, 0.25) is 0 Å². The SMILES string of the molecule is N#Cc1cccc2c1[nH]c(=S)n2-c1cc(Cl)c(Cl)cc1Cl. The van der Waals surface area contributed by atoms with Gasteiger partial charge in [-0.15, -0.1) is 0 Å². The van der Waals surface area contributed by atoms with Crippen LogP contribution in [0, 0.1) is 16.1 Å². The van der Waals surface area contributed by atoms with Gasteiger partial charge in [-0.1, -0.05) is 40.9 Å². The Morgan fingerprint density at radius 1 is 1.10 bits per heavy atom. The lowest BCUT2D eigenvalue weighted by Crippen LogP contribution is -1.95. The van der Waals surface area contributed by atoms with E-state index in [1.54, 1.807) is 28.8 Å². The molecule has 0 saturated carbocycles. The third-order valence-corrected chi connectivity index (χ3v) is 4.38. The van der Waals surface area contributed by atoms with E-state index in [9.17, 15) is 0 Å². The van der Waals surface area contributed by atoms with Crippen LogP contribution < -0.4 is 0 Å². The molecule has 0 fully saturated rings. The quantitative estimate of drug-likeness (QED) is 0.462. The van der Waals surface area contributed by atoms with Gasteiger partial charge in [-0.2, -0.15) is 5.26 Å².